The van der Waals surface area contributed by atoms with Crippen molar-refractivity contribution in [3.63, 3.8) is 0 Å². The van der Waals surface area contributed by atoms with Crippen molar-refractivity contribution in [1.82, 2.24) is 5.32 Å². The molecule has 2 aliphatic rings. The summed E-state index contributed by atoms with van der Waals surface area (Å²) in [6.07, 6.45) is 0. The zero-order valence-electron chi connectivity index (χ0n) is 10.2. The summed E-state index contributed by atoms with van der Waals surface area (Å²) in [4.78, 5) is 13.8. The van der Waals surface area contributed by atoms with E-state index in [-0.39, 0.29) is 17.0 Å². The minimum absolute atomic E-state index is 0.0989. The van der Waals surface area contributed by atoms with E-state index in [4.69, 9.17) is 0 Å². The smallest absolute Gasteiger partial charge is 0.241 e. The number of anilines is 1. The molecule has 0 aromatic heterocycles. The molecule has 0 saturated carbocycles. The number of hydrogen-bond donors (Lipinski definition) is 1. The molecule has 1 aromatic rings. The number of amides is 1. The standard InChI is InChI=1S/C13H15BrN2O/c1-12(2)9-6-8(14)4-5-10(9)16-7-11(17)15-13(12,16)3/h4-6H,7H2,1-3H3,(H,15,17)/t13-/m1/s1. The van der Waals surface area contributed by atoms with Crippen LogP contribution in [-0.4, -0.2) is 18.1 Å². The molecule has 1 fully saturated rings. The predicted molar refractivity (Wildman–Crippen MR) is 71.1 cm³/mol. The number of hydrogen-bond acceptors (Lipinski definition) is 2. The molecule has 17 heavy (non-hydrogen) atoms. The van der Waals surface area contributed by atoms with Crippen LogP contribution in [0.25, 0.3) is 0 Å². The van der Waals surface area contributed by atoms with E-state index in [1.54, 1.807) is 0 Å². The number of rotatable bonds is 0. The zero-order valence-corrected chi connectivity index (χ0v) is 11.8. The third-order valence-electron chi connectivity index (χ3n) is 4.36. The van der Waals surface area contributed by atoms with Crippen molar-refractivity contribution >= 4 is 27.5 Å². The van der Waals surface area contributed by atoms with Gasteiger partial charge in [0, 0.05) is 15.6 Å². The van der Waals surface area contributed by atoms with Gasteiger partial charge in [0.2, 0.25) is 5.91 Å². The van der Waals surface area contributed by atoms with Gasteiger partial charge in [0.05, 0.1) is 6.54 Å². The third-order valence-corrected chi connectivity index (χ3v) is 4.86. The zero-order chi connectivity index (χ0) is 12.4. The van der Waals surface area contributed by atoms with Gasteiger partial charge in [0.25, 0.3) is 0 Å². The Bertz CT molecular complexity index is 526. The lowest BCUT2D eigenvalue weighted by molar-refractivity contribution is -0.119. The van der Waals surface area contributed by atoms with Crippen LogP contribution in [0, 0.1) is 0 Å². The fourth-order valence-electron chi connectivity index (χ4n) is 3.01. The van der Waals surface area contributed by atoms with Gasteiger partial charge in [0.1, 0.15) is 5.66 Å². The van der Waals surface area contributed by atoms with Crippen molar-refractivity contribution in [3.8, 4) is 0 Å². The summed E-state index contributed by atoms with van der Waals surface area (Å²) in [6.45, 7) is 6.92. The number of nitrogens with zero attached hydrogens (tertiary/aromatic N) is 1. The van der Waals surface area contributed by atoms with Gasteiger partial charge >= 0.3 is 0 Å². The van der Waals surface area contributed by atoms with Gasteiger partial charge in [-0.1, -0.05) is 29.8 Å². The second-order valence-electron chi connectivity index (χ2n) is 5.49. The minimum Gasteiger partial charge on any atom is -0.339 e. The van der Waals surface area contributed by atoms with Gasteiger partial charge in [-0.3, -0.25) is 4.79 Å². The molecule has 2 aliphatic heterocycles. The molecule has 1 saturated heterocycles. The molecule has 0 radical (unpaired) electrons. The second kappa shape index (κ2) is 3.05. The first-order valence-corrected chi connectivity index (χ1v) is 6.54. The van der Waals surface area contributed by atoms with Crippen LogP contribution in [0.4, 0.5) is 5.69 Å². The molecule has 1 amide bonds. The highest BCUT2D eigenvalue weighted by Crippen LogP contribution is 2.52. The van der Waals surface area contributed by atoms with Crippen LogP contribution in [0.15, 0.2) is 22.7 Å². The van der Waals surface area contributed by atoms with Gasteiger partial charge in [-0.2, -0.15) is 0 Å². The summed E-state index contributed by atoms with van der Waals surface area (Å²) < 4.78 is 1.08. The maximum absolute atomic E-state index is 11.7. The Morgan fingerprint density at radius 2 is 2.06 bits per heavy atom. The Morgan fingerprint density at radius 1 is 1.35 bits per heavy atom. The molecule has 0 spiro atoms. The topological polar surface area (TPSA) is 32.3 Å². The Labute approximate surface area is 109 Å². The Hall–Kier alpha value is -1.03. The highest BCUT2D eigenvalue weighted by Gasteiger charge is 2.58. The fourth-order valence-corrected chi connectivity index (χ4v) is 3.37. The quantitative estimate of drug-likeness (QED) is 0.797. The van der Waals surface area contributed by atoms with Crippen molar-refractivity contribution in [3.05, 3.63) is 28.2 Å². The van der Waals surface area contributed by atoms with E-state index in [0.29, 0.717) is 6.54 Å². The first-order chi connectivity index (χ1) is 7.86. The first kappa shape index (κ1) is 11.1. The number of halogens is 1. The van der Waals surface area contributed by atoms with Gasteiger partial charge < -0.3 is 10.2 Å². The van der Waals surface area contributed by atoms with Gasteiger partial charge in [-0.25, -0.2) is 0 Å². The lowest BCUT2D eigenvalue weighted by atomic mass is 9.77. The van der Waals surface area contributed by atoms with Gasteiger partial charge in [-0.15, -0.1) is 0 Å². The molecule has 1 aromatic carbocycles. The van der Waals surface area contributed by atoms with Crippen LogP contribution >= 0.6 is 15.9 Å². The average Bonchev–Trinajstić information content (AvgIpc) is 2.61. The van der Waals surface area contributed by atoms with Crippen LogP contribution in [0.1, 0.15) is 26.3 Å². The Balaban J connectivity index is 2.26. The number of fused-ring (bicyclic) bond motifs is 3. The van der Waals surface area contributed by atoms with E-state index in [1.807, 2.05) is 6.07 Å². The number of benzene rings is 1. The van der Waals surface area contributed by atoms with Crippen molar-refractivity contribution < 1.29 is 4.79 Å². The second-order valence-corrected chi connectivity index (χ2v) is 6.41. The number of carbonyl (C=O) groups is 1. The van der Waals surface area contributed by atoms with Gasteiger partial charge in [0.15, 0.2) is 0 Å². The van der Waals surface area contributed by atoms with Crippen LogP contribution in [0.2, 0.25) is 0 Å². The lowest BCUT2D eigenvalue weighted by Gasteiger charge is -2.39. The van der Waals surface area contributed by atoms with Crippen LogP contribution in [-0.2, 0) is 10.2 Å². The number of carbonyl (C=O) groups excluding carboxylic acids is 1. The Morgan fingerprint density at radius 3 is 2.76 bits per heavy atom. The minimum atomic E-state index is -0.312. The Kier molecular flexibility index (Phi) is 1.99. The monoisotopic (exact) mass is 294 g/mol. The van der Waals surface area contributed by atoms with Crippen LogP contribution in [0.5, 0.6) is 0 Å². The molecule has 1 atom stereocenters. The van der Waals surface area contributed by atoms with E-state index < -0.39 is 0 Å². The summed E-state index contributed by atoms with van der Waals surface area (Å²) in [7, 11) is 0. The summed E-state index contributed by atoms with van der Waals surface area (Å²) in [5, 5.41) is 3.12. The summed E-state index contributed by atoms with van der Waals surface area (Å²) in [6, 6.07) is 6.28. The lowest BCUT2D eigenvalue weighted by Crippen LogP contribution is -2.57. The van der Waals surface area contributed by atoms with Crippen molar-refractivity contribution in [2.45, 2.75) is 31.8 Å². The fraction of sp³-hybridized carbons (Fsp3) is 0.462. The third kappa shape index (κ3) is 1.19. The molecule has 3 rings (SSSR count). The average molecular weight is 295 g/mol. The molecule has 0 unspecified atom stereocenters. The normalized spacial score (nSPS) is 28.9. The van der Waals surface area contributed by atoms with Gasteiger partial charge in [-0.05, 0) is 30.7 Å². The van der Waals surface area contributed by atoms with E-state index in [9.17, 15) is 4.79 Å². The summed E-state index contributed by atoms with van der Waals surface area (Å²) in [5.41, 5.74) is 2.04. The van der Waals surface area contributed by atoms with Crippen molar-refractivity contribution in [2.75, 3.05) is 11.4 Å². The first-order valence-electron chi connectivity index (χ1n) is 5.75. The highest BCUT2D eigenvalue weighted by molar-refractivity contribution is 9.10. The molecule has 4 heteroatoms. The molecule has 2 heterocycles. The van der Waals surface area contributed by atoms with E-state index in [2.05, 4.69) is 59.1 Å². The maximum atomic E-state index is 11.7. The largest absolute Gasteiger partial charge is 0.339 e. The number of nitrogens with one attached hydrogen (secondary N) is 1. The molecule has 0 bridgehead atoms. The molecule has 90 valence electrons. The van der Waals surface area contributed by atoms with E-state index in [0.717, 1.165) is 4.47 Å². The van der Waals surface area contributed by atoms with E-state index in [1.165, 1.54) is 11.3 Å². The van der Waals surface area contributed by atoms with E-state index >= 15 is 0 Å². The molecular formula is C13H15BrN2O. The van der Waals surface area contributed by atoms with Crippen molar-refractivity contribution in [2.24, 2.45) is 0 Å². The maximum Gasteiger partial charge on any atom is 0.241 e. The SMILES string of the molecule is CC1(C)c2cc(Br)ccc2N2CC(=O)N[C@]21C. The molecule has 3 nitrogen and oxygen atoms in total. The van der Waals surface area contributed by atoms with Crippen LogP contribution in [0.3, 0.4) is 0 Å². The molecule has 0 aliphatic carbocycles. The summed E-state index contributed by atoms with van der Waals surface area (Å²) in [5.74, 6) is 0.106. The van der Waals surface area contributed by atoms with Crippen molar-refractivity contribution in [1.29, 1.82) is 0 Å². The predicted octanol–water partition coefficient (Wildman–Crippen LogP) is 2.39. The highest BCUT2D eigenvalue weighted by atomic mass is 79.9. The molecular weight excluding hydrogens is 280 g/mol. The molecule has 1 N–H and O–H groups in total. The summed E-state index contributed by atoms with van der Waals surface area (Å²) >= 11 is 3.52. The van der Waals surface area contributed by atoms with Crippen LogP contribution < -0.4 is 10.2 Å².